The highest BCUT2D eigenvalue weighted by Gasteiger charge is 2.36. The summed E-state index contributed by atoms with van der Waals surface area (Å²) >= 11 is 0. The van der Waals surface area contributed by atoms with Gasteiger partial charge < -0.3 is 10.2 Å². The third kappa shape index (κ3) is 11.2. The third-order valence-electron chi connectivity index (χ3n) is 5.25. The maximum atomic E-state index is 12.8. The minimum absolute atomic E-state index is 0.0470. The molecule has 30 heavy (non-hydrogen) atoms. The van der Waals surface area contributed by atoms with Crippen molar-refractivity contribution in [2.24, 2.45) is 0 Å². The molecule has 0 spiro atoms. The number of nitrogens with zero attached hydrogens (tertiary/aromatic N) is 2. The molecule has 0 aromatic heterocycles. The summed E-state index contributed by atoms with van der Waals surface area (Å²) in [4.78, 5) is 14.6. The number of amidine groups is 1. The minimum Gasteiger partial charge on any atom is -0.392 e. The molecule has 8 nitrogen and oxygen atoms in total. The lowest BCUT2D eigenvalue weighted by atomic mass is 10.0. The van der Waals surface area contributed by atoms with E-state index in [9.17, 15) is 23.4 Å². The van der Waals surface area contributed by atoms with E-state index in [0.717, 1.165) is 25.7 Å². The molecule has 1 aliphatic heterocycles. The number of β-amino-alcohol motifs (C(OH)–C–C–N with tert-alkyl or cyclic N) is 2. The Labute approximate surface area is 181 Å². The van der Waals surface area contributed by atoms with Crippen molar-refractivity contribution in [3.63, 3.8) is 0 Å². The van der Waals surface area contributed by atoms with Gasteiger partial charge in [0.25, 0.3) is 10.1 Å². The first-order chi connectivity index (χ1) is 14.3. The van der Waals surface area contributed by atoms with Crippen LogP contribution in [0.5, 0.6) is 0 Å². The molecule has 9 heteroatoms. The Hall–Kier alpha value is -1.29. The van der Waals surface area contributed by atoms with Crippen LogP contribution in [0.3, 0.4) is 0 Å². The van der Waals surface area contributed by atoms with Crippen LogP contribution in [0.1, 0.15) is 64.2 Å². The van der Waals surface area contributed by atoms with Crippen molar-refractivity contribution in [1.29, 1.82) is 0 Å². The number of carbonyl (C=O) groups is 1. The lowest BCUT2D eigenvalue weighted by Gasteiger charge is -2.13. The van der Waals surface area contributed by atoms with E-state index in [2.05, 4.69) is 6.58 Å². The van der Waals surface area contributed by atoms with E-state index >= 15 is 0 Å². The summed E-state index contributed by atoms with van der Waals surface area (Å²) in [7, 11) is -4.29. The Bertz CT molecular complexity index is 662. The van der Waals surface area contributed by atoms with Crippen molar-refractivity contribution in [3.8, 4) is 0 Å². The molecule has 0 radical (unpaired) electrons. The molecule has 0 bridgehead atoms. The number of ketones is 1. The number of hydrogen-bond acceptors (Lipinski definition) is 6. The van der Waals surface area contributed by atoms with Crippen molar-refractivity contribution in [1.82, 2.24) is 4.90 Å². The van der Waals surface area contributed by atoms with Crippen molar-refractivity contribution >= 4 is 21.7 Å². The highest BCUT2D eigenvalue weighted by molar-refractivity contribution is 7.85. The van der Waals surface area contributed by atoms with E-state index in [1.54, 1.807) is 9.48 Å². The molecule has 0 saturated carbocycles. The first kappa shape index (κ1) is 26.7. The van der Waals surface area contributed by atoms with Crippen LogP contribution in [0.15, 0.2) is 12.7 Å². The summed E-state index contributed by atoms with van der Waals surface area (Å²) in [6, 6.07) is 0. The Morgan fingerprint density at radius 3 is 2.30 bits per heavy atom. The van der Waals surface area contributed by atoms with Gasteiger partial charge in [-0.15, -0.1) is 6.58 Å². The summed E-state index contributed by atoms with van der Waals surface area (Å²) in [5.74, 6) is -0.386. The van der Waals surface area contributed by atoms with Crippen LogP contribution in [-0.2, 0) is 14.9 Å². The summed E-state index contributed by atoms with van der Waals surface area (Å²) in [5, 5.41) is 19.2. The number of carbonyl (C=O) groups excluding carboxylic acids is 1. The topological polar surface area (TPSA) is 118 Å². The number of aliphatic hydroxyl groups excluding tert-OH is 2. The number of unbranched alkanes of at least 4 members (excludes halogenated alkanes) is 8. The fourth-order valence-corrected chi connectivity index (χ4v) is 4.41. The summed E-state index contributed by atoms with van der Waals surface area (Å²) < 4.78 is 32.5. The fraction of sp³-hybridized carbons (Fsp3) is 0.810. The molecule has 174 valence electrons. The predicted octanol–water partition coefficient (Wildman–Crippen LogP) is 1.61. The highest BCUT2D eigenvalue weighted by Crippen LogP contribution is 2.13. The normalized spacial score (nSPS) is 15.6. The molecule has 3 N–H and O–H groups in total. The zero-order chi connectivity index (χ0) is 22.4. The van der Waals surface area contributed by atoms with Crippen LogP contribution in [0.4, 0.5) is 0 Å². The van der Waals surface area contributed by atoms with Gasteiger partial charge in [0.05, 0.1) is 6.61 Å². The first-order valence-corrected chi connectivity index (χ1v) is 12.6. The van der Waals surface area contributed by atoms with Crippen LogP contribution < -0.4 is 0 Å². The molecule has 0 saturated heterocycles. The Morgan fingerprint density at radius 2 is 1.73 bits per heavy atom. The second kappa shape index (κ2) is 14.7. The molecular weight excluding hydrogens is 408 g/mol. The number of hydrogen-bond donors (Lipinski definition) is 3. The minimum atomic E-state index is -4.29. The fourth-order valence-electron chi connectivity index (χ4n) is 3.82. The van der Waals surface area contributed by atoms with Crippen molar-refractivity contribution in [2.45, 2.75) is 70.3 Å². The maximum absolute atomic E-state index is 12.8. The number of rotatable bonds is 18. The smallest absolute Gasteiger partial charge is 0.316 e. The van der Waals surface area contributed by atoms with E-state index in [1.165, 1.54) is 32.1 Å². The van der Waals surface area contributed by atoms with Gasteiger partial charge in [0.1, 0.15) is 38.0 Å². The molecule has 1 atom stereocenters. The zero-order valence-electron chi connectivity index (χ0n) is 18.0. The van der Waals surface area contributed by atoms with E-state index < -0.39 is 22.0 Å². The predicted molar refractivity (Wildman–Crippen MR) is 117 cm³/mol. The van der Waals surface area contributed by atoms with Crippen LogP contribution in [0.2, 0.25) is 0 Å². The summed E-state index contributed by atoms with van der Waals surface area (Å²) in [6.45, 7) is 4.90. The molecule has 1 unspecified atom stereocenters. The van der Waals surface area contributed by atoms with Gasteiger partial charge in [-0.1, -0.05) is 44.6 Å². The second-order valence-electron chi connectivity index (χ2n) is 7.96. The van der Waals surface area contributed by atoms with Gasteiger partial charge in [-0.25, -0.2) is 0 Å². The zero-order valence-corrected chi connectivity index (χ0v) is 18.9. The van der Waals surface area contributed by atoms with Crippen LogP contribution >= 0.6 is 0 Å². The molecule has 1 heterocycles. The van der Waals surface area contributed by atoms with Gasteiger partial charge in [0.2, 0.25) is 5.78 Å². The van der Waals surface area contributed by atoms with Gasteiger partial charge in [-0.3, -0.25) is 18.8 Å². The van der Waals surface area contributed by atoms with Crippen LogP contribution in [0.25, 0.3) is 0 Å². The first-order valence-electron chi connectivity index (χ1n) is 11.0. The highest BCUT2D eigenvalue weighted by atomic mass is 32.2. The Kier molecular flexibility index (Phi) is 13.1. The van der Waals surface area contributed by atoms with Gasteiger partial charge in [-0.05, 0) is 19.3 Å². The SMILES string of the molecule is C=CCCCCCCCCCCC(=O)C1=[N+](CC(O)CS(=O)(=O)O)CCN1CCO. The quantitative estimate of drug-likeness (QED) is 0.126. The van der Waals surface area contributed by atoms with E-state index in [4.69, 9.17) is 4.55 Å². The van der Waals surface area contributed by atoms with E-state index in [-0.39, 0.29) is 18.9 Å². The van der Waals surface area contributed by atoms with Gasteiger partial charge in [-0.2, -0.15) is 8.42 Å². The molecular formula is C21H39N2O6S+. The molecule has 0 aliphatic carbocycles. The molecule has 0 aromatic carbocycles. The standard InChI is InChI=1S/C21H38N2O6S/c1-2-3-4-5-6-7-8-9-10-11-12-20(26)21-22(15-16-24)13-14-23(21)17-19(25)18-30(27,28)29/h2,19,24-25H,1,3-18H2/p+1. The summed E-state index contributed by atoms with van der Waals surface area (Å²) in [6.07, 6.45) is 11.1. The molecule has 0 fully saturated rings. The Balaban J connectivity index is 2.46. The average Bonchev–Trinajstić information content (AvgIpc) is 3.04. The van der Waals surface area contributed by atoms with Crippen LogP contribution in [0, 0.1) is 0 Å². The van der Waals surface area contributed by atoms with Gasteiger partial charge in [0, 0.05) is 6.42 Å². The molecule has 1 aliphatic rings. The van der Waals surface area contributed by atoms with Crippen molar-refractivity contribution < 1.29 is 32.6 Å². The monoisotopic (exact) mass is 447 g/mol. The maximum Gasteiger partial charge on any atom is 0.316 e. The average molecular weight is 448 g/mol. The Morgan fingerprint density at radius 1 is 1.13 bits per heavy atom. The largest absolute Gasteiger partial charge is 0.392 e. The third-order valence-corrected chi connectivity index (χ3v) is 6.06. The molecule has 1 rings (SSSR count). The lowest BCUT2D eigenvalue weighted by Crippen LogP contribution is -2.40. The van der Waals surface area contributed by atoms with Crippen molar-refractivity contribution in [2.75, 3.05) is 38.5 Å². The number of Topliss-reactive ketones (excluding diaryl/α,β-unsaturated/α-hetero) is 1. The molecule has 0 amide bonds. The number of allylic oxidation sites excluding steroid dienone is 1. The lowest BCUT2D eigenvalue weighted by molar-refractivity contribution is -0.525. The summed E-state index contributed by atoms with van der Waals surface area (Å²) in [5.41, 5.74) is 0. The van der Waals surface area contributed by atoms with E-state index in [1.807, 2.05) is 6.08 Å². The van der Waals surface area contributed by atoms with Crippen LogP contribution in [-0.4, -0.2) is 88.9 Å². The van der Waals surface area contributed by atoms with E-state index in [0.29, 0.717) is 31.9 Å². The van der Waals surface area contributed by atoms with Gasteiger partial charge in [0.15, 0.2) is 0 Å². The second-order valence-corrected chi connectivity index (χ2v) is 9.46. The number of aliphatic hydroxyl groups is 2. The van der Waals surface area contributed by atoms with Gasteiger partial charge >= 0.3 is 5.84 Å². The molecule has 0 aromatic rings. The van der Waals surface area contributed by atoms with Crippen molar-refractivity contribution in [3.05, 3.63) is 12.7 Å².